The van der Waals surface area contributed by atoms with Crippen molar-refractivity contribution >= 4 is 40.9 Å². The molecule has 25 heteroatoms. The molecule has 4 aliphatic heterocycles. The summed E-state index contributed by atoms with van der Waals surface area (Å²) in [5.41, 5.74) is 2.50. The minimum atomic E-state index is -4.75. The highest BCUT2D eigenvalue weighted by Gasteiger charge is 2.71. The van der Waals surface area contributed by atoms with Gasteiger partial charge in [-0.1, -0.05) is 19.1 Å². The van der Waals surface area contributed by atoms with Crippen LogP contribution in [0.1, 0.15) is 94.3 Å². The molecule has 9 rings (SSSR count). The summed E-state index contributed by atoms with van der Waals surface area (Å²) in [4.78, 5) is 59.6. The second-order valence-electron chi connectivity index (χ2n) is 18.8. The van der Waals surface area contributed by atoms with Crippen LogP contribution in [0.2, 0.25) is 0 Å². The van der Waals surface area contributed by atoms with Crippen LogP contribution in [0.4, 0.5) is 53.0 Å². The lowest BCUT2D eigenvalue weighted by atomic mass is 9.55. The number of rotatable bonds is 8. The summed E-state index contributed by atoms with van der Waals surface area (Å²) in [5.74, 6) is -1.11. The van der Waals surface area contributed by atoms with E-state index in [9.17, 15) is 45.5 Å². The minimum Gasteiger partial charge on any atom is -0.423 e. The molecule has 3 saturated heterocycles. The molecule has 0 radical (unpaired) electrons. The number of halogens is 6. The zero-order valence-electron chi connectivity index (χ0n) is 37.6. The van der Waals surface area contributed by atoms with Crippen LogP contribution in [0.3, 0.4) is 0 Å². The van der Waals surface area contributed by atoms with Gasteiger partial charge in [0.2, 0.25) is 17.7 Å². The van der Waals surface area contributed by atoms with Crippen LogP contribution < -0.4 is 31.9 Å². The third kappa shape index (κ3) is 7.88. The fraction of sp³-hybridized carbons (Fsp3) is 0.488. The lowest BCUT2D eigenvalue weighted by Gasteiger charge is -2.68. The number of hydrogen-bond acceptors (Lipinski definition) is 12. The molecule has 4 aromatic rings. The number of hydrazine groups is 3. The van der Waals surface area contributed by atoms with Gasteiger partial charge in [-0.3, -0.25) is 25.4 Å². The number of carbonyl (C=O) groups is 4. The van der Waals surface area contributed by atoms with Crippen molar-refractivity contribution in [3.8, 4) is 5.69 Å². The summed E-state index contributed by atoms with van der Waals surface area (Å²) >= 11 is 0. The van der Waals surface area contributed by atoms with Crippen molar-refractivity contribution in [2.24, 2.45) is 11.8 Å². The second-order valence-corrected chi connectivity index (χ2v) is 18.8. The molecule has 6 amide bonds. The number of urea groups is 2. The topological polar surface area (TPSA) is 211 Å². The van der Waals surface area contributed by atoms with E-state index in [1.165, 1.54) is 45.4 Å². The molecule has 5 N–H and O–H groups in total. The quantitative estimate of drug-likeness (QED) is 0.0929. The standard InChI is InChI=1S/C43H48F6N14O5/c1-22-11-29-17-40(15-22,62(29)37(66)50-27-7-9-30(42(44,45)46)32(12-27)60-19-24(3)52-58-60)35(65)55-54-34(64)18-39-14-23(2)16-41(21-39,36-56-53-26(5)68-36)63(39)38(67)51-28-8-10-31(43(47,48)49)33(13-28)61-20-25(4)57-59(61)6/h7-10,12-13,19-20,22-23,29,57H,11,14-18,21H2,1-6H3,(H,50,66)(H,51,67)(H,54,64)(H,55,65)/t22?,23-,29?,39+,40?,41+/m0/s1. The van der Waals surface area contributed by atoms with Crippen molar-refractivity contribution in [1.82, 2.24) is 56.4 Å². The summed E-state index contributed by atoms with van der Waals surface area (Å²) in [7, 11) is 1.53. The Hall–Kier alpha value is -6.92. The first-order valence-corrected chi connectivity index (χ1v) is 21.8. The van der Waals surface area contributed by atoms with E-state index in [-0.39, 0.29) is 78.1 Å². The molecule has 362 valence electrons. The predicted octanol–water partition coefficient (Wildman–Crippen LogP) is 6.65. The Morgan fingerprint density at radius 2 is 1.49 bits per heavy atom. The fourth-order valence-electron chi connectivity index (χ4n) is 11.4. The van der Waals surface area contributed by atoms with Gasteiger partial charge in [-0.2, -0.15) is 26.3 Å². The first-order chi connectivity index (χ1) is 31.9. The molecule has 2 aromatic carbocycles. The number of aromatic nitrogens is 5. The highest BCUT2D eigenvalue weighted by Crippen LogP contribution is 2.63. The van der Waals surface area contributed by atoms with E-state index < -0.39 is 64.0 Å². The fourth-order valence-corrected chi connectivity index (χ4v) is 11.4. The van der Waals surface area contributed by atoms with Gasteiger partial charge in [0.1, 0.15) is 11.1 Å². The van der Waals surface area contributed by atoms with Crippen LogP contribution in [-0.2, 0) is 27.5 Å². The first kappa shape index (κ1) is 46.2. The van der Waals surface area contributed by atoms with Gasteiger partial charge in [0, 0.05) is 56.1 Å². The third-order valence-electron chi connectivity index (χ3n) is 13.5. The summed E-state index contributed by atoms with van der Waals surface area (Å²) in [6.45, 7) is 8.69. The number of benzene rings is 2. The zero-order valence-corrected chi connectivity index (χ0v) is 37.6. The highest BCUT2D eigenvalue weighted by atomic mass is 19.4. The van der Waals surface area contributed by atoms with Crippen LogP contribution in [0, 0.1) is 25.7 Å². The smallest absolute Gasteiger partial charge is 0.418 e. The maximum Gasteiger partial charge on any atom is 0.418 e. The van der Waals surface area contributed by atoms with Crippen LogP contribution in [0.5, 0.6) is 0 Å². The molecule has 3 unspecified atom stereocenters. The van der Waals surface area contributed by atoms with E-state index in [1.54, 1.807) is 20.8 Å². The number of aryl methyl sites for hydroxylation is 2. The van der Waals surface area contributed by atoms with Crippen LogP contribution in [0.25, 0.3) is 5.69 Å². The third-order valence-corrected chi connectivity index (χ3v) is 13.5. The number of alkyl halides is 6. The zero-order chi connectivity index (χ0) is 48.9. The van der Waals surface area contributed by atoms with E-state index in [4.69, 9.17) is 4.42 Å². The molecule has 1 aliphatic carbocycles. The highest BCUT2D eigenvalue weighted by molar-refractivity contribution is 5.99. The van der Waals surface area contributed by atoms with E-state index in [0.29, 0.717) is 30.7 Å². The number of piperidine rings is 2. The molecule has 68 heavy (non-hydrogen) atoms. The SMILES string of the molecule is CC1=CN(c2cc(NC(=O)N3[C@@]4(CC(=O)NNC(=O)C56CC(C)CC(C5)N6C(=O)Nc5ccc(C(F)(F)F)c(-n6cc(C)nn6)c5)C[C@H](C)C[C@]3(c3nnc(C)o3)C4)ccc2C(F)(F)F)N(C)N1. The van der Waals surface area contributed by atoms with Crippen LogP contribution in [-0.4, -0.2) is 88.2 Å². The average molecular weight is 955 g/mol. The number of nitrogens with zero attached hydrogens (tertiary/aromatic N) is 9. The molecular formula is C43H48F6N14O5. The van der Waals surface area contributed by atoms with E-state index in [2.05, 4.69) is 47.4 Å². The summed E-state index contributed by atoms with van der Waals surface area (Å²) in [6, 6.07) is 4.40. The summed E-state index contributed by atoms with van der Waals surface area (Å²) < 4.78 is 91.7. The van der Waals surface area contributed by atoms with Crippen molar-refractivity contribution < 1.29 is 49.9 Å². The Morgan fingerprint density at radius 3 is 2.09 bits per heavy atom. The van der Waals surface area contributed by atoms with E-state index in [1.807, 2.05) is 13.8 Å². The van der Waals surface area contributed by atoms with Gasteiger partial charge in [-0.25, -0.2) is 14.3 Å². The lowest BCUT2D eigenvalue weighted by Crippen LogP contribution is -2.79. The molecule has 6 atom stereocenters. The van der Waals surface area contributed by atoms with Gasteiger partial charge in [-0.15, -0.1) is 20.4 Å². The van der Waals surface area contributed by atoms with Crippen molar-refractivity contribution in [3.05, 3.63) is 83.1 Å². The van der Waals surface area contributed by atoms with Crippen molar-refractivity contribution in [1.29, 1.82) is 0 Å². The lowest BCUT2D eigenvalue weighted by molar-refractivity contribution is -0.184. The van der Waals surface area contributed by atoms with Gasteiger partial charge in [0.15, 0.2) is 0 Å². The molecule has 2 aromatic heterocycles. The normalized spacial score (nSPS) is 26.6. The number of nitrogens with one attached hydrogen (secondary N) is 5. The number of fused-ring (bicyclic) bond motifs is 4. The largest absolute Gasteiger partial charge is 0.423 e. The molecule has 4 bridgehead atoms. The van der Waals surface area contributed by atoms with E-state index >= 15 is 0 Å². The van der Waals surface area contributed by atoms with Gasteiger partial charge in [-0.05, 0) is 87.8 Å². The first-order valence-electron chi connectivity index (χ1n) is 21.8. The van der Waals surface area contributed by atoms with Crippen molar-refractivity contribution in [3.63, 3.8) is 0 Å². The maximum absolute atomic E-state index is 14.6. The average Bonchev–Trinajstić information content (AvgIpc) is 3.96. The molecule has 4 fully saturated rings. The summed E-state index contributed by atoms with van der Waals surface area (Å²) in [6.07, 6.45) is -5.10. The van der Waals surface area contributed by atoms with Crippen molar-refractivity contribution in [2.75, 3.05) is 22.7 Å². The number of likely N-dealkylation sites (tertiary alicyclic amines) is 1. The number of hydrogen-bond donors (Lipinski definition) is 5. The number of allylic oxidation sites excluding steroid dienone is 1. The van der Waals surface area contributed by atoms with Crippen molar-refractivity contribution in [2.45, 2.75) is 115 Å². The molecule has 1 saturated carbocycles. The maximum atomic E-state index is 14.6. The second kappa shape index (κ2) is 16.1. The number of amides is 6. The van der Waals surface area contributed by atoms with Gasteiger partial charge < -0.3 is 30.3 Å². The molecule has 19 nitrogen and oxygen atoms in total. The summed E-state index contributed by atoms with van der Waals surface area (Å²) in [5, 5.41) is 23.8. The number of carbonyl (C=O) groups excluding carboxylic acids is 4. The molecular weight excluding hydrogens is 907 g/mol. The monoisotopic (exact) mass is 954 g/mol. The van der Waals surface area contributed by atoms with Gasteiger partial charge >= 0.3 is 24.4 Å². The molecule has 0 spiro atoms. The Morgan fingerprint density at radius 1 is 0.824 bits per heavy atom. The Kier molecular flexibility index (Phi) is 10.9. The van der Waals surface area contributed by atoms with Gasteiger partial charge in [0.25, 0.3) is 5.91 Å². The van der Waals surface area contributed by atoms with E-state index in [0.717, 1.165) is 35.0 Å². The minimum absolute atomic E-state index is 0.00662. The number of anilines is 3. The van der Waals surface area contributed by atoms with Crippen LogP contribution in [0.15, 0.2) is 58.9 Å². The Balaban J connectivity index is 0.935. The Bertz CT molecular complexity index is 2740. The van der Waals surface area contributed by atoms with Crippen LogP contribution >= 0.6 is 0 Å². The molecule has 5 aliphatic rings. The van der Waals surface area contributed by atoms with Gasteiger partial charge in [0.05, 0.1) is 46.4 Å². The predicted molar refractivity (Wildman–Crippen MR) is 228 cm³/mol. The molecule has 6 heterocycles. The Labute approximate surface area is 384 Å².